The van der Waals surface area contributed by atoms with E-state index in [2.05, 4.69) is 6.92 Å². The van der Waals surface area contributed by atoms with Crippen molar-refractivity contribution in [2.45, 2.75) is 96.8 Å². The molecule has 0 rings (SSSR count). The number of carboxylic acids is 1. The predicted octanol–water partition coefficient (Wildman–Crippen LogP) is 6.11. The molecule has 0 radical (unpaired) electrons. The zero-order valence-corrected chi connectivity index (χ0v) is 17.1. The number of carbonyl (C=O) groups is 1. The number of unbranched alkanes of at least 4 members (excludes halogenated alkanes) is 13. The largest absolute Gasteiger partial charge is 0.478 e. The van der Waals surface area contributed by atoms with Gasteiger partial charge in [-0.1, -0.05) is 90.0 Å². The van der Waals surface area contributed by atoms with E-state index in [1.54, 1.807) is 6.08 Å². The Morgan fingerprint density at radius 1 is 0.762 bits per heavy atom. The van der Waals surface area contributed by atoms with Crippen LogP contribution in [0.1, 0.15) is 96.8 Å². The Balaban J connectivity index is 0. The molecule has 21 heavy (non-hydrogen) atoms. The first-order valence-electron chi connectivity index (χ1n) is 8.67. The van der Waals surface area contributed by atoms with E-state index in [0.717, 1.165) is 12.8 Å². The Labute approximate surface area is 144 Å². The van der Waals surface area contributed by atoms with E-state index < -0.39 is 5.97 Å². The van der Waals surface area contributed by atoms with Crippen molar-refractivity contribution in [1.29, 1.82) is 0 Å². The van der Waals surface area contributed by atoms with Crippen LogP contribution in [0, 0.1) is 0 Å². The number of aliphatic carboxylic acids is 1. The minimum Gasteiger partial charge on any atom is -0.478 e. The molecule has 0 bridgehead atoms. The average Bonchev–Trinajstić information content (AvgIpc) is 2.43. The molecule has 0 spiro atoms. The molecule has 0 aromatic heterocycles. The van der Waals surface area contributed by atoms with Crippen LogP contribution in [-0.4, -0.2) is 11.1 Å². The van der Waals surface area contributed by atoms with Crippen molar-refractivity contribution in [3.05, 3.63) is 12.2 Å². The quantitative estimate of drug-likeness (QED) is 0.220. The van der Waals surface area contributed by atoms with Crippen LogP contribution in [0.15, 0.2) is 12.2 Å². The van der Waals surface area contributed by atoms with Gasteiger partial charge in [0.2, 0.25) is 0 Å². The summed E-state index contributed by atoms with van der Waals surface area (Å²) in [5.41, 5.74) is 0. The summed E-state index contributed by atoms with van der Waals surface area (Å²) in [7, 11) is 0. The molecule has 0 fully saturated rings. The molecule has 0 amide bonds. The monoisotopic (exact) mass is 346 g/mol. The van der Waals surface area contributed by atoms with E-state index in [0.29, 0.717) is 0 Å². The fraction of sp³-hybridized carbons (Fsp3) is 0.833. The van der Waals surface area contributed by atoms with E-state index in [4.69, 9.17) is 5.11 Å². The molecule has 0 aliphatic rings. The van der Waals surface area contributed by atoms with Gasteiger partial charge in [0.25, 0.3) is 0 Å². The fourth-order valence-electron chi connectivity index (χ4n) is 2.46. The summed E-state index contributed by atoms with van der Waals surface area (Å²) >= 11 is 0. The van der Waals surface area contributed by atoms with Crippen LogP contribution in [0.4, 0.5) is 0 Å². The second kappa shape index (κ2) is 19.8. The van der Waals surface area contributed by atoms with Crippen LogP contribution in [0.25, 0.3) is 0 Å². The molecule has 0 aliphatic heterocycles. The fourth-order valence-corrected chi connectivity index (χ4v) is 2.46. The summed E-state index contributed by atoms with van der Waals surface area (Å²) in [5, 5.41) is 8.43. The zero-order chi connectivity index (χ0) is 14.9. The van der Waals surface area contributed by atoms with Crippen molar-refractivity contribution in [3.8, 4) is 0 Å². The van der Waals surface area contributed by atoms with Gasteiger partial charge in [-0.15, -0.1) is 0 Å². The molecule has 0 aromatic carbocycles. The maximum atomic E-state index is 10.2. The van der Waals surface area contributed by atoms with Crippen LogP contribution in [0.2, 0.25) is 0 Å². The first-order valence-corrected chi connectivity index (χ1v) is 8.67. The first kappa shape index (κ1) is 23.1. The molecule has 120 valence electrons. The van der Waals surface area contributed by atoms with E-state index >= 15 is 0 Å². The average molecular weight is 348 g/mol. The van der Waals surface area contributed by atoms with Gasteiger partial charge >= 0.3 is 5.97 Å². The third-order valence-corrected chi connectivity index (χ3v) is 3.73. The molecule has 0 heterocycles. The van der Waals surface area contributed by atoms with Crippen molar-refractivity contribution in [1.82, 2.24) is 0 Å². The standard InChI is InChI=1S/C18H34O2.Zn/c1-2-3-4-5-6-7-8-9-10-11-12-13-14-15-16-17-18(19)20;/h16-17H,2-15H2,1H3,(H,19,20);. The van der Waals surface area contributed by atoms with Gasteiger partial charge in [-0.05, 0) is 12.8 Å². The number of rotatable bonds is 15. The topological polar surface area (TPSA) is 37.3 Å². The number of carboxylic acid groups (broad SMARTS) is 1. The van der Waals surface area contributed by atoms with Crippen molar-refractivity contribution in [3.63, 3.8) is 0 Å². The molecule has 0 unspecified atom stereocenters. The van der Waals surface area contributed by atoms with Gasteiger partial charge in [0, 0.05) is 25.6 Å². The zero-order valence-electron chi connectivity index (χ0n) is 14.1. The van der Waals surface area contributed by atoms with Crippen molar-refractivity contribution in [2.75, 3.05) is 0 Å². The summed E-state index contributed by atoms with van der Waals surface area (Å²) in [4.78, 5) is 10.2. The van der Waals surface area contributed by atoms with Crippen LogP contribution in [-0.2, 0) is 24.3 Å². The second-order valence-electron chi connectivity index (χ2n) is 5.77. The molecule has 0 aromatic rings. The maximum Gasteiger partial charge on any atom is 0.327 e. The molecule has 0 atom stereocenters. The van der Waals surface area contributed by atoms with E-state index in [1.165, 1.54) is 83.1 Å². The van der Waals surface area contributed by atoms with E-state index in [9.17, 15) is 4.79 Å². The summed E-state index contributed by atoms with van der Waals surface area (Å²) in [6.45, 7) is 2.27. The van der Waals surface area contributed by atoms with Crippen LogP contribution in [0.5, 0.6) is 0 Å². The van der Waals surface area contributed by atoms with Gasteiger partial charge in [-0.25, -0.2) is 4.79 Å². The minimum atomic E-state index is -0.834. The first-order chi connectivity index (χ1) is 9.77. The van der Waals surface area contributed by atoms with Crippen molar-refractivity contribution < 1.29 is 29.4 Å². The third-order valence-electron chi connectivity index (χ3n) is 3.73. The van der Waals surface area contributed by atoms with Gasteiger partial charge < -0.3 is 5.11 Å². The van der Waals surface area contributed by atoms with E-state index in [1.807, 2.05) is 0 Å². The summed E-state index contributed by atoms with van der Waals surface area (Å²) < 4.78 is 0. The second-order valence-corrected chi connectivity index (χ2v) is 5.77. The van der Waals surface area contributed by atoms with Gasteiger partial charge in [-0.3, -0.25) is 0 Å². The molecule has 2 nitrogen and oxygen atoms in total. The van der Waals surface area contributed by atoms with E-state index in [-0.39, 0.29) is 19.5 Å². The summed E-state index contributed by atoms with van der Waals surface area (Å²) in [5.74, 6) is -0.834. The SMILES string of the molecule is CCCCCCCCCCCCCCCC=CC(=O)O.[Zn]. The maximum absolute atomic E-state index is 10.2. The molecule has 3 heteroatoms. The van der Waals surface area contributed by atoms with Gasteiger partial charge in [0.05, 0.1) is 0 Å². The molecule has 0 saturated heterocycles. The molecular formula is C18H34O2Zn. The molecule has 1 N–H and O–H groups in total. The van der Waals surface area contributed by atoms with Crippen molar-refractivity contribution in [2.24, 2.45) is 0 Å². The normalized spacial score (nSPS) is 10.7. The van der Waals surface area contributed by atoms with Crippen molar-refractivity contribution >= 4 is 5.97 Å². The van der Waals surface area contributed by atoms with Gasteiger partial charge in [0.15, 0.2) is 0 Å². The summed E-state index contributed by atoms with van der Waals surface area (Å²) in [6.07, 6.45) is 21.6. The predicted molar refractivity (Wildman–Crippen MR) is 87.1 cm³/mol. The number of allylic oxidation sites excluding steroid dienone is 1. The molecular weight excluding hydrogens is 314 g/mol. The number of hydrogen-bond acceptors (Lipinski definition) is 1. The molecule has 0 saturated carbocycles. The molecule has 0 aliphatic carbocycles. The minimum absolute atomic E-state index is 0. The third kappa shape index (κ3) is 22.3. The van der Waals surface area contributed by atoms with Crippen LogP contribution >= 0.6 is 0 Å². The Bertz CT molecular complexity index is 239. The van der Waals surface area contributed by atoms with Gasteiger partial charge in [0.1, 0.15) is 0 Å². The summed E-state index contributed by atoms with van der Waals surface area (Å²) in [6, 6.07) is 0. The Morgan fingerprint density at radius 2 is 1.14 bits per heavy atom. The van der Waals surface area contributed by atoms with Gasteiger partial charge in [-0.2, -0.15) is 0 Å². The Hall–Kier alpha value is -0.167. The van der Waals surface area contributed by atoms with Crippen LogP contribution in [0.3, 0.4) is 0 Å². The van der Waals surface area contributed by atoms with Crippen LogP contribution < -0.4 is 0 Å². The Morgan fingerprint density at radius 3 is 1.52 bits per heavy atom. The number of hydrogen-bond donors (Lipinski definition) is 1. The smallest absolute Gasteiger partial charge is 0.327 e. The Kier molecular flexibility index (Phi) is 21.8.